The van der Waals surface area contributed by atoms with Gasteiger partial charge < -0.3 is 19.8 Å². The van der Waals surface area contributed by atoms with E-state index in [4.69, 9.17) is 9.05 Å². The molecule has 48 heavy (non-hydrogen) atoms. The maximum absolute atomic E-state index is 12.8. The van der Waals surface area contributed by atoms with E-state index in [1.807, 2.05) is 21.1 Å². The van der Waals surface area contributed by atoms with Crippen molar-refractivity contribution < 1.29 is 32.9 Å². The van der Waals surface area contributed by atoms with Gasteiger partial charge in [0.1, 0.15) is 13.2 Å². The molecule has 0 aromatic carbocycles. The van der Waals surface area contributed by atoms with Crippen molar-refractivity contribution in [3.05, 3.63) is 12.2 Å². The number of hydrogen-bond acceptors (Lipinski definition) is 5. The third-order valence-electron chi connectivity index (χ3n) is 9.01. The summed E-state index contributed by atoms with van der Waals surface area (Å²) in [4.78, 5) is 23.0. The minimum Gasteiger partial charge on any atom is -0.391 e. The number of carbonyl (C=O) groups excluding carboxylic acids is 1. The summed E-state index contributed by atoms with van der Waals surface area (Å²) >= 11 is 0. The Hall–Kier alpha value is -0.760. The Balaban J connectivity index is 4.43. The van der Waals surface area contributed by atoms with Gasteiger partial charge in [0.2, 0.25) is 5.91 Å². The van der Waals surface area contributed by atoms with Gasteiger partial charge in [-0.1, -0.05) is 148 Å². The topological polar surface area (TPSA) is 105 Å². The van der Waals surface area contributed by atoms with Crippen molar-refractivity contribution in [3.63, 3.8) is 0 Å². The number of unbranched alkanes of at least 4 members (excludes halogenated alkanes) is 21. The van der Waals surface area contributed by atoms with E-state index in [0.29, 0.717) is 23.9 Å². The summed E-state index contributed by atoms with van der Waals surface area (Å²) < 4.78 is 23.5. The van der Waals surface area contributed by atoms with Crippen molar-refractivity contribution >= 4 is 13.7 Å². The quantitative estimate of drug-likeness (QED) is 0.0260. The Kier molecular flexibility index (Phi) is 31.7. The Morgan fingerprint density at radius 2 is 1.12 bits per heavy atom. The van der Waals surface area contributed by atoms with Crippen molar-refractivity contribution in [2.75, 3.05) is 40.9 Å². The Labute approximate surface area is 297 Å². The number of carbonyl (C=O) groups is 1. The number of phosphoric acid groups is 1. The normalized spacial score (nSPS) is 14.7. The molecule has 8 nitrogen and oxygen atoms in total. The molecule has 0 fully saturated rings. The number of amides is 1. The second kappa shape index (κ2) is 32.2. The van der Waals surface area contributed by atoms with Crippen molar-refractivity contribution in [3.8, 4) is 0 Å². The summed E-state index contributed by atoms with van der Waals surface area (Å²) in [6.45, 7) is 4.85. The van der Waals surface area contributed by atoms with Gasteiger partial charge in [0.25, 0.3) is 0 Å². The molecule has 0 saturated heterocycles. The fraction of sp³-hybridized carbons (Fsp3) is 0.923. The Morgan fingerprint density at radius 1 is 0.688 bits per heavy atom. The second-order valence-corrected chi connectivity index (χ2v) is 16.5. The van der Waals surface area contributed by atoms with Gasteiger partial charge in [-0.2, -0.15) is 0 Å². The molecule has 0 radical (unpaired) electrons. The van der Waals surface area contributed by atoms with Crippen molar-refractivity contribution in [1.29, 1.82) is 0 Å². The van der Waals surface area contributed by atoms with E-state index in [2.05, 4.69) is 31.3 Å². The summed E-state index contributed by atoms with van der Waals surface area (Å²) in [5.41, 5.74) is 0. The van der Waals surface area contributed by atoms with Gasteiger partial charge >= 0.3 is 7.82 Å². The fourth-order valence-corrected chi connectivity index (χ4v) is 6.48. The van der Waals surface area contributed by atoms with Crippen LogP contribution in [0.3, 0.4) is 0 Å². The molecule has 3 atom stereocenters. The number of quaternary nitrogens is 1. The molecular weight excluding hydrogens is 623 g/mol. The van der Waals surface area contributed by atoms with Gasteiger partial charge in [0, 0.05) is 6.42 Å². The van der Waals surface area contributed by atoms with Crippen LogP contribution in [0.4, 0.5) is 0 Å². The number of allylic oxidation sites excluding steroid dienone is 2. The van der Waals surface area contributed by atoms with Crippen LogP contribution in [0.2, 0.25) is 0 Å². The Morgan fingerprint density at radius 3 is 1.60 bits per heavy atom. The van der Waals surface area contributed by atoms with E-state index in [-0.39, 0.29) is 19.1 Å². The van der Waals surface area contributed by atoms with Crippen LogP contribution in [0.15, 0.2) is 12.2 Å². The van der Waals surface area contributed by atoms with E-state index >= 15 is 0 Å². The smallest absolute Gasteiger partial charge is 0.391 e. The van der Waals surface area contributed by atoms with Crippen LogP contribution in [0.25, 0.3) is 0 Å². The molecule has 0 rings (SSSR count). The average molecular weight is 704 g/mol. The number of phosphoric ester groups is 1. The lowest BCUT2D eigenvalue weighted by Gasteiger charge is -2.26. The minimum absolute atomic E-state index is 0.0745. The van der Waals surface area contributed by atoms with Crippen LogP contribution >= 0.6 is 7.82 Å². The fourth-order valence-electron chi connectivity index (χ4n) is 5.74. The molecule has 0 bridgehead atoms. The lowest BCUT2D eigenvalue weighted by molar-refractivity contribution is -0.870. The maximum Gasteiger partial charge on any atom is 0.472 e. The first-order valence-corrected chi connectivity index (χ1v) is 21.5. The van der Waals surface area contributed by atoms with Crippen LogP contribution < -0.4 is 5.32 Å². The molecule has 0 aliphatic heterocycles. The van der Waals surface area contributed by atoms with Crippen LogP contribution in [-0.2, 0) is 18.4 Å². The highest BCUT2D eigenvalue weighted by Gasteiger charge is 2.28. The highest BCUT2D eigenvalue weighted by molar-refractivity contribution is 7.47. The van der Waals surface area contributed by atoms with E-state index in [0.717, 1.165) is 51.4 Å². The molecule has 0 saturated carbocycles. The molecular formula is C39H80N2O6P+. The van der Waals surface area contributed by atoms with Gasteiger partial charge in [-0.05, 0) is 38.5 Å². The summed E-state index contributed by atoms with van der Waals surface area (Å²) in [7, 11) is 1.61. The van der Waals surface area contributed by atoms with E-state index in [1.54, 1.807) is 0 Å². The van der Waals surface area contributed by atoms with Gasteiger partial charge in [-0.25, -0.2) is 4.57 Å². The second-order valence-electron chi connectivity index (χ2n) is 15.0. The predicted octanol–water partition coefficient (Wildman–Crippen LogP) is 10.4. The lowest BCUT2D eigenvalue weighted by atomic mass is 10.0. The van der Waals surface area contributed by atoms with Gasteiger partial charge in [0.05, 0.1) is 39.9 Å². The highest BCUT2D eigenvalue weighted by atomic mass is 31.2. The highest BCUT2D eigenvalue weighted by Crippen LogP contribution is 2.43. The summed E-state index contributed by atoms with van der Waals surface area (Å²) in [6, 6.07) is -0.758. The number of nitrogens with zero attached hydrogens (tertiary/aromatic N) is 1. The number of hydrogen-bond donors (Lipinski definition) is 3. The lowest BCUT2D eigenvalue weighted by Crippen LogP contribution is -2.46. The zero-order valence-corrected chi connectivity index (χ0v) is 33.1. The van der Waals surface area contributed by atoms with Crippen LogP contribution in [-0.4, -0.2) is 73.4 Å². The van der Waals surface area contributed by atoms with Gasteiger partial charge in [-0.3, -0.25) is 13.8 Å². The standard InChI is InChI=1S/C39H79N2O6P/c1-6-8-10-12-14-16-18-19-20-21-23-25-27-29-31-33-39(43)40-37(36-47-48(44,45)46-35-34-41(3,4)5)38(42)32-30-28-26-24-22-17-15-13-11-9-7-2/h19-20,37-38,42H,6-18,21-36H2,1-5H3,(H-,40,43,44,45)/p+1/b20-19-. The molecule has 0 aromatic rings. The van der Waals surface area contributed by atoms with Crippen molar-refractivity contribution in [1.82, 2.24) is 5.32 Å². The Bertz CT molecular complexity index is 804. The molecule has 286 valence electrons. The number of aliphatic hydroxyl groups is 1. The monoisotopic (exact) mass is 704 g/mol. The van der Waals surface area contributed by atoms with Crippen LogP contribution in [0.5, 0.6) is 0 Å². The summed E-state index contributed by atoms with van der Waals surface area (Å²) in [6.07, 6.45) is 33.7. The number of likely N-dealkylation sites (N-methyl/N-ethyl adjacent to an activating group) is 1. The third-order valence-corrected chi connectivity index (χ3v) is 10.00. The molecule has 0 aliphatic carbocycles. The van der Waals surface area contributed by atoms with Crippen LogP contribution in [0.1, 0.15) is 181 Å². The largest absolute Gasteiger partial charge is 0.472 e. The zero-order valence-electron chi connectivity index (χ0n) is 32.2. The zero-order chi connectivity index (χ0) is 35.8. The molecule has 3 unspecified atom stereocenters. The maximum atomic E-state index is 12.8. The predicted molar refractivity (Wildman–Crippen MR) is 203 cm³/mol. The molecule has 3 N–H and O–H groups in total. The van der Waals surface area contributed by atoms with E-state index < -0.39 is 20.0 Å². The first kappa shape index (κ1) is 47.2. The van der Waals surface area contributed by atoms with E-state index in [9.17, 15) is 19.4 Å². The number of nitrogens with one attached hydrogen (secondary N) is 1. The summed E-state index contributed by atoms with van der Waals surface area (Å²) in [5.74, 6) is -0.155. The third kappa shape index (κ3) is 33.7. The first-order chi connectivity index (χ1) is 23.0. The molecule has 0 aliphatic rings. The SMILES string of the molecule is CCCCCCCC/C=C\CCCCCCCC(=O)NC(COP(=O)(O)OCC[N+](C)(C)C)C(O)CCCCCCCCCCCCC. The molecule has 0 aromatic heterocycles. The molecule has 0 heterocycles. The molecule has 9 heteroatoms. The first-order valence-electron chi connectivity index (χ1n) is 20.1. The van der Waals surface area contributed by atoms with Gasteiger partial charge in [0.15, 0.2) is 0 Å². The molecule has 1 amide bonds. The van der Waals surface area contributed by atoms with Crippen molar-refractivity contribution in [2.24, 2.45) is 0 Å². The minimum atomic E-state index is -4.30. The molecule has 0 spiro atoms. The number of aliphatic hydroxyl groups excluding tert-OH is 1. The van der Waals surface area contributed by atoms with E-state index in [1.165, 1.54) is 103 Å². The van der Waals surface area contributed by atoms with Gasteiger partial charge in [-0.15, -0.1) is 0 Å². The summed E-state index contributed by atoms with van der Waals surface area (Å²) in [5, 5.41) is 13.9. The van der Waals surface area contributed by atoms with Crippen LogP contribution in [0, 0.1) is 0 Å². The number of rotatable bonds is 36. The average Bonchev–Trinajstić information content (AvgIpc) is 3.02. The van der Waals surface area contributed by atoms with Crippen molar-refractivity contribution in [2.45, 2.75) is 193 Å².